The third kappa shape index (κ3) is 4.51. The molecule has 1 amide bonds. The number of amides is 1. The number of benzene rings is 3. The van der Waals surface area contributed by atoms with Gasteiger partial charge >= 0.3 is 0 Å². The molecule has 0 unspecified atom stereocenters. The van der Waals surface area contributed by atoms with E-state index in [4.69, 9.17) is 4.74 Å². The van der Waals surface area contributed by atoms with Crippen LogP contribution in [0, 0.1) is 0 Å². The molecule has 0 aliphatic heterocycles. The third-order valence-electron chi connectivity index (χ3n) is 4.43. The first kappa shape index (κ1) is 17.7. The first-order valence-corrected chi connectivity index (χ1v) is 8.90. The minimum Gasteiger partial charge on any atom is -0.457 e. The normalized spacial score (nSPS) is 11.6. The highest BCUT2D eigenvalue weighted by Crippen LogP contribution is 2.23. The number of carbonyl (C=O) groups is 1. The van der Waals surface area contributed by atoms with E-state index in [1.54, 1.807) is 12.1 Å². The second-order valence-electron chi connectivity index (χ2n) is 6.33. The molecule has 3 rings (SSSR count). The van der Waals surface area contributed by atoms with Crippen molar-refractivity contribution in [2.24, 2.45) is 0 Å². The average molecular weight is 345 g/mol. The predicted octanol–water partition coefficient (Wildman–Crippen LogP) is 6.24. The van der Waals surface area contributed by atoms with Gasteiger partial charge in [0.2, 0.25) is 0 Å². The standard InChI is InChI=1S/C23H23NO2/c1-3-17(2)18-12-14-20(15-13-18)24-23(25)19-8-7-11-22(16-19)26-21-9-5-4-6-10-21/h4-17H,3H2,1-2H3,(H,24,25)/t17-/m1/s1. The SMILES string of the molecule is CC[C@@H](C)c1ccc(NC(=O)c2cccc(Oc3ccccc3)c2)cc1. The van der Waals surface area contributed by atoms with Crippen molar-refractivity contribution >= 4 is 11.6 Å². The lowest BCUT2D eigenvalue weighted by molar-refractivity contribution is 0.102. The van der Waals surface area contributed by atoms with Crippen LogP contribution in [0.2, 0.25) is 0 Å². The molecule has 26 heavy (non-hydrogen) atoms. The molecule has 0 aromatic heterocycles. The third-order valence-corrected chi connectivity index (χ3v) is 4.43. The lowest BCUT2D eigenvalue weighted by Gasteiger charge is -2.11. The fraction of sp³-hybridized carbons (Fsp3) is 0.174. The summed E-state index contributed by atoms with van der Waals surface area (Å²) in [6.07, 6.45) is 1.10. The van der Waals surface area contributed by atoms with Crippen molar-refractivity contribution in [2.45, 2.75) is 26.2 Å². The summed E-state index contributed by atoms with van der Waals surface area (Å²) in [6.45, 7) is 4.37. The summed E-state index contributed by atoms with van der Waals surface area (Å²) in [6, 6.07) is 24.7. The first-order valence-electron chi connectivity index (χ1n) is 8.90. The van der Waals surface area contributed by atoms with Gasteiger partial charge < -0.3 is 10.1 Å². The van der Waals surface area contributed by atoms with Gasteiger partial charge in [-0.15, -0.1) is 0 Å². The van der Waals surface area contributed by atoms with E-state index in [0.717, 1.165) is 17.9 Å². The maximum Gasteiger partial charge on any atom is 0.255 e. The van der Waals surface area contributed by atoms with E-state index in [1.807, 2.05) is 54.6 Å². The van der Waals surface area contributed by atoms with Crippen molar-refractivity contribution in [1.82, 2.24) is 0 Å². The highest BCUT2D eigenvalue weighted by molar-refractivity contribution is 6.04. The highest BCUT2D eigenvalue weighted by atomic mass is 16.5. The predicted molar refractivity (Wildman–Crippen MR) is 106 cm³/mol. The quantitative estimate of drug-likeness (QED) is 0.574. The van der Waals surface area contributed by atoms with Gasteiger partial charge in [0.25, 0.3) is 5.91 Å². The van der Waals surface area contributed by atoms with Crippen LogP contribution in [0.3, 0.4) is 0 Å². The number of carbonyl (C=O) groups excluding carboxylic acids is 1. The second-order valence-corrected chi connectivity index (χ2v) is 6.33. The Labute approximate surface area is 154 Å². The molecule has 1 atom stereocenters. The molecule has 1 N–H and O–H groups in total. The lowest BCUT2D eigenvalue weighted by Crippen LogP contribution is -2.11. The van der Waals surface area contributed by atoms with E-state index < -0.39 is 0 Å². The monoisotopic (exact) mass is 345 g/mol. The van der Waals surface area contributed by atoms with Crippen LogP contribution in [0.15, 0.2) is 78.9 Å². The number of hydrogen-bond acceptors (Lipinski definition) is 2. The molecule has 3 heteroatoms. The Kier molecular flexibility index (Phi) is 5.69. The maximum atomic E-state index is 12.5. The van der Waals surface area contributed by atoms with Crippen molar-refractivity contribution < 1.29 is 9.53 Å². The van der Waals surface area contributed by atoms with Crippen molar-refractivity contribution in [3.63, 3.8) is 0 Å². The summed E-state index contributed by atoms with van der Waals surface area (Å²) in [5.41, 5.74) is 2.63. The largest absolute Gasteiger partial charge is 0.457 e. The molecule has 0 radical (unpaired) electrons. The fourth-order valence-corrected chi connectivity index (χ4v) is 2.66. The van der Waals surface area contributed by atoms with Crippen LogP contribution in [0.4, 0.5) is 5.69 Å². The van der Waals surface area contributed by atoms with Gasteiger partial charge in [0.15, 0.2) is 0 Å². The summed E-state index contributed by atoms with van der Waals surface area (Å²) in [7, 11) is 0. The Morgan fingerprint density at radius 3 is 2.31 bits per heavy atom. The Bertz CT molecular complexity index is 857. The highest BCUT2D eigenvalue weighted by Gasteiger charge is 2.09. The molecule has 0 heterocycles. The average Bonchev–Trinajstić information content (AvgIpc) is 2.69. The smallest absolute Gasteiger partial charge is 0.255 e. The van der Waals surface area contributed by atoms with Crippen LogP contribution in [-0.4, -0.2) is 5.91 Å². The van der Waals surface area contributed by atoms with Crippen molar-refractivity contribution in [1.29, 1.82) is 0 Å². The van der Waals surface area contributed by atoms with E-state index in [2.05, 4.69) is 31.3 Å². The minimum absolute atomic E-state index is 0.153. The van der Waals surface area contributed by atoms with Crippen LogP contribution in [0.25, 0.3) is 0 Å². The topological polar surface area (TPSA) is 38.3 Å². The van der Waals surface area contributed by atoms with Crippen LogP contribution in [0.1, 0.15) is 42.1 Å². The number of rotatable bonds is 6. The molecule has 3 aromatic rings. The Hall–Kier alpha value is -3.07. The maximum absolute atomic E-state index is 12.5. The van der Waals surface area contributed by atoms with Crippen molar-refractivity contribution in [3.05, 3.63) is 90.0 Å². The number of anilines is 1. The summed E-state index contributed by atoms with van der Waals surface area (Å²) < 4.78 is 5.79. The second kappa shape index (κ2) is 8.34. The molecule has 0 spiro atoms. The fourth-order valence-electron chi connectivity index (χ4n) is 2.66. The summed E-state index contributed by atoms with van der Waals surface area (Å²) >= 11 is 0. The van der Waals surface area contributed by atoms with E-state index in [0.29, 0.717) is 17.2 Å². The van der Waals surface area contributed by atoms with Gasteiger partial charge in [0, 0.05) is 11.3 Å². The summed E-state index contributed by atoms with van der Waals surface area (Å²) in [4.78, 5) is 12.5. The number of hydrogen-bond donors (Lipinski definition) is 1. The molecule has 0 aliphatic rings. The zero-order valence-corrected chi connectivity index (χ0v) is 15.1. The molecule has 3 nitrogen and oxygen atoms in total. The first-order chi connectivity index (χ1) is 12.7. The Morgan fingerprint density at radius 2 is 1.62 bits per heavy atom. The zero-order valence-electron chi connectivity index (χ0n) is 15.1. The minimum atomic E-state index is -0.153. The Balaban J connectivity index is 1.69. The van der Waals surface area contributed by atoms with Crippen LogP contribution in [-0.2, 0) is 0 Å². The van der Waals surface area contributed by atoms with Crippen LogP contribution in [0.5, 0.6) is 11.5 Å². The number of nitrogens with one attached hydrogen (secondary N) is 1. The molecule has 0 fully saturated rings. The van der Waals surface area contributed by atoms with Gasteiger partial charge in [-0.05, 0) is 60.4 Å². The molecule has 3 aromatic carbocycles. The number of para-hydroxylation sites is 1. The van der Waals surface area contributed by atoms with Gasteiger partial charge in [0.1, 0.15) is 11.5 Å². The molecule has 0 bridgehead atoms. The molecule has 0 aliphatic carbocycles. The van der Waals surface area contributed by atoms with Crippen molar-refractivity contribution in [3.8, 4) is 11.5 Å². The van der Waals surface area contributed by atoms with Gasteiger partial charge in [-0.1, -0.05) is 50.2 Å². The summed E-state index contributed by atoms with van der Waals surface area (Å²) in [5.74, 6) is 1.74. The van der Waals surface area contributed by atoms with E-state index in [1.165, 1.54) is 5.56 Å². The lowest BCUT2D eigenvalue weighted by atomic mass is 9.98. The van der Waals surface area contributed by atoms with Gasteiger partial charge in [-0.25, -0.2) is 0 Å². The van der Waals surface area contributed by atoms with E-state index in [-0.39, 0.29) is 5.91 Å². The Morgan fingerprint density at radius 1 is 0.923 bits per heavy atom. The zero-order chi connectivity index (χ0) is 18.4. The summed E-state index contributed by atoms with van der Waals surface area (Å²) in [5, 5.41) is 2.94. The molecular weight excluding hydrogens is 322 g/mol. The van der Waals surface area contributed by atoms with E-state index >= 15 is 0 Å². The van der Waals surface area contributed by atoms with E-state index in [9.17, 15) is 4.79 Å². The van der Waals surface area contributed by atoms with Gasteiger partial charge in [0.05, 0.1) is 0 Å². The van der Waals surface area contributed by atoms with Crippen LogP contribution < -0.4 is 10.1 Å². The van der Waals surface area contributed by atoms with Crippen LogP contribution >= 0.6 is 0 Å². The van der Waals surface area contributed by atoms with Gasteiger partial charge in [-0.2, -0.15) is 0 Å². The molecule has 0 saturated carbocycles. The molecule has 0 saturated heterocycles. The molecule has 132 valence electrons. The number of ether oxygens (including phenoxy) is 1. The van der Waals surface area contributed by atoms with Crippen molar-refractivity contribution in [2.75, 3.05) is 5.32 Å². The molecular formula is C23H23NO2. The van der Waals surface area contributed by atoms with Gasteiger partial charge in [-0.3, -0.25) is 4.79 Å².